The summed E-state index contributed by atoms with van der Waals surface area (Å²) in [5.41, 5.74) is 3.56. The van der Waals surface area contributed by atoms with Crippen LogP contribution in [0.4, 0.5) is 18.9 Å². The fourth-order valence-corrected chi connectivity index (χ4v) is 1.49. The van der Waals surface area contributed by atoms with Crippen LogP contribution >= 0.6 is 0 Å². The number of halogens is 3. The average Bonchev–Trinajstić information content (AvgIpc) is 2.39. The van der Waals surface area contributed by atoms with E-state index in [1.807, 2.05) is 0 Å². The van der Waals surface area contributed by atoms with E-state index in [-0.39, 0.29) is 12.2 Å². The summed E-state index contributed by atoms with van der Waals surface area (Å²) in [7, 11) is 1.26. The van der Waals surface area contributed by atoms with E-state index in [0.717, 1.165) is 6.07 Å². The van der Waals surface area contributed by atoms with E-state index in [1.165, 1.54) is 19.2 Å². The first kappa shape index (κ1) is 15.9. The smallest absolute Gasteiger partial charge is 0.370 e. The minimum Gasteiger partial charge on any atom is -0.370 e. The lowest BCUT2D eigenvalue weighted by Gasteiger charge is -2.15. The molecule has 1 rings (SSSR count). The Bertz CT molecular complexity index is 534. The van der Waals surface area contributed by atoms with Crippen LogP contribution in [-0.2, 0) is 15.7 Å². The van der Waals surface area contributed by atoms with Crippen LogP contribution in [0.15, 0.2) is 18.2 Å². The number of benzene rings is 1. The first-order valence-corrected chi connectivity index (χ1v) is 5.48. The molecule has 1 atom stereocenters. The molecule has 0 radical (unpaired) electrons. The molecule has 0 fully saturated rings. The van der Waals surface area contributed by atoms with Crippen molar-refractivity contribution in [2.24, 2.45) is 5.73 Å². The van der Waals surface area contributed by atoms with Crippen molar-refractivity contribution in [3.8, 4) is 6.07 Å². The van der Waals surface area contributed by atoms with E-state index in [4.69, 9.17) is 15.7 Å². The summed E-state index contributed by atoms with van der Waals surface area (Å²) in [6.45, 7) is -0.106. The van der Waals surface area contributed by atoms with E-state index >= 15 is 0 Å². The largest absolute Gasteiger partial charge is 0.417 e. The van der Waals surface area contributed by atoms with Gasteiger partial charge in [-0.15, -0.1) is 0 Å². The number of carbonyl (C=O) groups is 1. The van der Waals surface area contributed by atoms with E-state index in [2.05, 4.69) is 5.32 Å². The fourth-order valence-electron chi connectivity index (χ4n) is 1.49. The Morgan fingerprint density at radius 2 is 2.20 bits per heavy atom. The normalized spacial score (nSPS) is 12.6. The van der Waals surface area contributed by atoms with Gasteiger partial charge in [0.2, 0.25) is 0 Å². The molecule has 0 aliphatic rings. The minimum absolute atomic E-state index is 0.0863. The lowest BCUT2D eigenvalue weighted by molar-refractivity contribution is -0.137. The number of nitrogens with two attached hydrogens (primary N) is 1. The van der Waals surface area contributed by atoms with Crippen molar-refractivity contribution in [2.45, 2.75) is 12.3 Å². The van der Waals surface area contributed by atoms with E-state index in [9.17, 15) is 18.0 Å². The van der Waals surface area contributed by atoms with Gasteiger partial charge in [0.15, 0.2) is 0 Å². The van der Waals surface area contributed by atoms with Gasteiger partial charge in [-0.2, -0.15) is 18.4 Å². The van der Waals surface area contributed by atoms with Crippen LogP contribution in [0.3, 0.4) is 0 Å². The van der Waals surface area contributed by atoms with E-state index < -0.39 is 29.3 Å². The molecule has 3 N–H and O–H groups in total. The first-order valence-electron chi connectivity index (χ1n) is 5.48. The van der Waals surface area contributed by atoms with Crippen LogP contribution in [-0.4, -0.2) is 25.7 Å². The zero-order chi connectivity index (χ0) is 15.3. The molecule has 0 saturated heterocycles. The Morgan fingerprint density at radius 3 is 2.65 bits per heavy atom. The highest BCUT2D eigenvalue weighted by molar-refractivity contribution is 5.94. The van der Waals surface area contributed by atoms with Crippen molar-refractivity contribution < 1.29 is 22.7 Å². The van der Waals surface area contributed by atoms with Crippen molar-refractivity contribution in [1.29, 1.82) is 5.26 Å². The molecule has 0 saturated carbocycles. The number of anilines is 1. The second kappa shape index (κ2) is 6.36. The first-order chi connectivity index (χ1) is 9.33. The second-order valence-corrected chi connectivity index (χ2v) is 3.82. The molecule has 0 aliphatic carbocycles. The van der Waals surface area contributed by atoms with Crippen LogP contribution in [0.25, 0.3) is 0 Å². The van der Waals surface area contributed by atoms with Crippen LogP contribution in [0.2, 0.25) is 0 Å². The molecule has 0 aromatic heterocycles. The Hall–Kier alpha value is -2.11. The highest BCUT2D eigenvalue weighted by atomic mass is 19.4. The number of nitrogens with zero attached hydrogens (tertiary/aromatic N) is 1. The Morgan fingerprint density at radius 1 is 1.55 bits per heavy atom. The van der Waals surface area contributed by atoms with Gasteiger partial charge in [-0.25, -0.2) is 0 Å². The lowest BCUT2D eigenvalue weighted by Crippen LogP contribution is -2.35. The van der Waals surface area contributed by atoms with Gasteiger partial charge in [-0.3, -0.25) is 4.79 Å². The number of alkyl halides is 3. The van der Waals surface area contributed by atoms with Crippen molar-refractivity contribution in [2.75, 3.05) is 19.0 Å². The predicted molar refractivity (Wildman–Crippen MR) is 64.6 cm³/mol. The number of nitriles is 1. The second-order valence-electron chi connectivity index (χ2n) is 3.82. The number of nitrogens with one attached hydrogen (secondary N) is 1. The summed E-state index contributed by atoms with van der Waals surface area (Å²) < 4.78 is 43.0. The third-order valence-electron chi connectivity index (χ3n) is 2.50. The molecule has 0 aliphatic heterocycles. The van der Waals surface area contributed by atoms with Gasteiger partial charge < -0.3 is 15.8 Å². The molecule has 20 heavy (non-hydrogen) atoms. The highest BCUT2D eigenvalue weighted by Crippen LogP contribution is 2.33. The summed E-state index contributed by atoms with van der Waals surface area (Å²) >= 11 is 0. The topological polar surface area (TPSA) is 88.1 Å². The third-order valence-corrected chi connectivity index (χ3v) is 2.50. The quantitative estimate of drug-likeness (QED) is 0.878. The van der Waals surface area contributed by atoms with Crippen LogP contribution < -0.4 is 11.1 Å². The number of hydrogen-bond donors (Lipinski definition) is 2. The van der Waals surface area contributed by atoms with Gasteiger partial charge in [-0.05, 0) is 18.2 Å². The van der Waals surface area contributed by atoms with Crippen molar-refractivity contribution >= 4 is 11.6 Å². The maximum Gasteiger partial charge on any atom is 0.417 e. The highest BCUT2D eigenvalue weighted by Gasteiger charge is 2.34. The summed E-state index contributed by atoms with van der Waals surface area (Å²) in [5.74, 6) is -0.659. The zero-order valence-corrected chi connectivity index (χ0v) is 10.5. The third kappa shape index (κ3) is 3.69. The molecule has 0 heterocycles. The van der Waals surface area contributed by atoms with Crippen molar-refractivity contribution in [1.82, 2.24) is 0 Å². The van der Waals surface area contributed by atoms with E-state index in [0.29, 0.717) is 6.07 Å². The molecule has 1 aromatic carbocycles. The molecule has 1 unspecified atom stereocenters. The van der Waals surface area contributed by atoms with Crippen LogP contribution in [0.5, 0.6) is 0 Å². The van der Waals surface area contributed by atoms with Crippen LogP contribution in [0.1, 0.15) is 11.1 Å². The lowest BCUT2D eigenvalue weighted by atomic mass is 10.1. The van der Waals surface area contributed by atoms with Gasteiger partial charge in [0.25, 0.3) is 5.91 Å². The summed E-state index contributed by atoms with van der Waals surface area (Å²) in [6.07, 6.45) is -5.64. The molecular weight excluding hydrogens is 275 g/mol. The molecule has 1 amide bonds. The molecule has 108 valence electrons. The fraction of sp³-hybridized carbons (Fsp3) is 0.333. The number of methoxy groups -OCH3 is 1. The van der Waals surface area contributed by atoms with Gasteiger partial charge >= 0.3 is 6.18 Å². The molecular formula is C12H12F3N3O2. The maximum atomic E-state index is 12.7. The Balaban J connectivity index is 3.05. The monoisotopic (exact) mass is 287 g/mol. The van der Waals surface area contributed by atoms with E-state index in [1.54, 1.807) is 0 Å². The number of ether oxygens (including phenoxy) is 1. The Kier molecular flexibility index (Phi) is 5.07. The van der Waals surface area contributed by atoms with Crippen molar-refractivity contribution in [3.63, 3.8) is 0 Å². The van der Waals surface area contributed by atoms with Gasteiger partial charge in [0.1, 0.15) is 6.10 Å². The SMILES string of the molecule is COC(CN)C(=O)Nc1ccc(C#N)c(C(F)(F)F)c1. The summed E-state index contributed by atoms with van der Waals surface area (Å²) in [6, 6.07) is 4.34. The molecule has 0 bridgehead atoms. The Labute approximate surface area is 113 Å². The summed E-state index contributed by atoms with van der Waals surface area (Å²) in [4.78, 5) is 11.6. The minimum atomic E-state index is -4.68. The molecule has 5 nitrogen and oxygen atoms in total. The summed E-state index contributed by atoms with van der Waals surface area (Å²) in [5, 5.41) is 10.9. The number of hydrogen-bond acceptors (Lipinski definition) is 4. The number of amides is 1. The predicted octanol–water partition coefficient (Wildman–Crippen LogP) is 1.49. The van der Waals surface area contributed by atoms with Crippen LogP contribution in [0, 0.1) is 11.3 Å². The number of rotatable bonds is 4. The zero-order valence-electron chi connectivity index (χ0n) is 10.5. The molecule has 8 heteroatoms. The molecule has 1 aromatic rings. The van der Waals surface area contributed by atoms with Gasteiger partial charge in [0.05, 0.1) is 17.2 Å². The number of carbonyl (C=O) groups excluding carboxylic acids is 1. The maximum absolute atomic E-state index is 12.7. The standard InChI is InChI=1S/C12H12F3N3O2/c1-20-10(6-17)11(19)18-8-3-2-7(5-16)9(4-8)12(13,14)15/h2-4,10H,6,17H2,1H3,(H,18,19). The van der Waals surface area contributed by atoms with Crippen molar-refractivity contribution in [3.05, 3.63) is 29.3 Å². The average molecular weight is 287 g/mol. The van der Waals surface area contributed by atoms with Gasteiger partial charge in [-0.1, -0.05) is 0 Å². The van der Waals surface area contributed by atoms with Gasteiger partial charge in [0, 0.05) is 19.3 Å². The molecule has 0 spiro atoms.